The molecular formula is C16H19ClN2O2. The second-order valence-electron chi connectivity index (χ2n) is 4.86. The summed E-state index contributed by atoms with van der Waals surface area (Å²) in [6, 6.07) is 10.6. The van der Waals surface area contributed by atoms with Crippen LogP contribution in [-0.2, 0) is 6.54 Å². The summed E-state index contributed by atoms with van der Waals surface area (Å²) in [6.07, 6.45) is 2.66. The van der Waals surface area contributed by atoms with Gasteiger partial charge in [-0.3, -0.25) is 4.79 Å². The smallest absolute Gasteiger partial charge is 0.268 e. The number of aromatic nitrogens is 1. The Bertz CT molecular complexity index is 596. The van der Waals surface area contributed by atoms with E-state index in [4.69, 9.17) is 11.6 Å². The number of aliphatic hydroxyl groups excluding tert-OH is 1. The lowest BCUT2D eigenvalue weighted by Crippen LogP contribution is -2.32. The maximum atomic E-state index is 12.4. The summed E-state index contributed by atoms with van der Waals surface area (Å²) in [4.78, 5) is 12.4. The Morgan fingerprint density at radius 1 is 1.38 bits per heavy atom. The first-order chi connectivity index (χ1) is 10.2. The van der Waals surface area contributed by atoms with Crippen LogP contribution in [0.3, 0.4) is 0 Å². The number of amides is 1. The van der Waals surface area contributed by atoms with Crippen LogP contribution in [0, 0.1) is 0 Å². The average Bonchev–Trinajstić information content (AvgIpc) is 2.87. The van der Waals surface area contributed by atoms with Crippen LogP contribution in [0.1, 0.15) is 35.4 Å². The van der Waals surface area contributed by atoms with Gasteiger partial charge in [-0.05, 0) is 18.1 Å². The molecule has 5 heteroatoms. The lowest BCUT2D eigenvalue weighted by molar-refractivity contribution is 0.0906. The van der Waals surface area contributed by atoms with E-state index in [9.17, 15) is 9.90 Å². The van der Waals surface area contributed by atoms with Crippen LogP contribution in [0.4, 0.5) is 0 Å². The van der Waals surface area contributed by atoms with E-state index in [1.807, 2.05) is 41.8 Å². The lowest BCUT2D eigenvalue weighted by Gasteiger charge is -2.17. The molecule has 2 aromatic rings. The zero-order valence-corrected chi connectivity index (χ0v) is 12.7. The summed E-state index contributed by atoms with van der Waals surface area (Å²) in [5, 5.41) is 12.9. The zero-order valence-electron chi connectivity index (χ0n) is 11.9. The van der Waals surface area contributed by atoms with Crippen molar-refractivity contribution in [2.45, 2.75) is 25.9 Å². The van der Waals surface area contributed by atoms with Crippen LogP contribution in [0.15, 0.2) is 42.6 Å². The Balaban J connectivity index is 2.16. The summed E-state index contributed by atoms with van der Waals surface area (Å²) in [7, 11) is 0. The average molecular weight is 307 g/mol. The highest BCUT2D eigenvalue weighted by Gasteiger charge is 2.18. The molecular weight excluding hydrogens is 288 g/mol. The number of halogens is 1. The Morgan fingerprint density at radius 2 is 2.10 bits per heavy atom. The lowest BCUT2D eigenvalue weighted by atomic mass is 10.1. The first-order valence-electron chi connectivity index (χ1n) is 6.98. The Kier molecular flexibility index (Phi) is 5.42. The third-order valence-corrected chi connectivity index (χ3v) is 3.46. The summed E-state index contributed by atoms with van der Waals surface area (Å²) < 4.78 is 1.83. The number of nitrogens with zero attached hydrogens (tertiary/aromatic N) is 1. The van der Waals surface area contributed by atoms with E-state index < -0.39 is 6.04 Å². The van der Waals surface area contributed by atoms with E-state index in [0.29, 0.717) is 10.7 Å². The van der Waals surface area contributed by atoms with Gasteiger partial charge in [-0.2, -0.15) is 0 Å². The summed E-state index contributed by atoms with van der Waals surface area (Å²) in [5.74, 6) is -0.238. The second kappa shape index (κ2) is 7.29. The largest absolute Gasteiger partial charge is 0.394 e. The van der Waals surface area contributed by atoms with Crippen LogP contribution < -0.4 is 5.32 Å². The van der Waals surface area contributed by atoms with Crippen LogP contribution in [0.2, 0.25) is 5.02 Å². The van der Waals surface area contributed by atoms with E-state index in [1.54, 1.807) is 12.3 Å². The number of hydrogen-bond acceptors (Lipinski definition) is 2. The molecule has 21 heavy (non-hydrogen) atoms. The predicted octanol–water partition coefficient (Wildman–Crippen LogP) is 3.01. The van der Waals surface area contributed by atoms with Gasteiger partial charge in [0.05, 0.1) is 17.7 Å². The van der Waals surface area contributed by atoms with Gasteiger partial charge in [0.25, 0.3) is 5.91 Å². The van der Waals surface area contributed by atoms with Crippen molar-refractivity contribution >= 4 is 17.5 Å². The SMILES string of the molecule is CCCn1cc(Cl)cc1C(=O)N[C@H](CO)c1ccccc1. The van der Waals surface area contributed by atoms with Crippen LogP contribution in [0.25, 0.3) is 0 Å². The molecule has 0 aliphatic heterocycles. The molecule has 1 atom stereocenters. The molecule has 2 N–H and O–H groups in total. The first-order valence-corrected chi connectivity index (χ1v) is 7.35. The quantitative estimate of drug-likeness (QED) is 0.862. The summed E-state index contributed by atoms with van der Waals surface area (Å²) in [5.41, 5.74) is 1.38. The molecule has 0 radical (unpaired) electrons. The molecule has 1 aromatic carbocycles. The second-order valence-corrected chi connectivity index (χ2v) is 5.29. The van der Waals surface area contributed by atoms with Crippen molar-refractivity contribution in [3.63, 3.8) is 0 Å². The minimum absolute atomic E-state index is 0.155. The highest BCUT2D eigenvalue weighted by molar-refractivity contribution is 6.31. The molecule has 112 valence electrons. The fraction of sp³-hybridized carbons (Fsp3) is 0.312. The Labute approximate surface area is 129 Å². The van der Waals surface area contributed by atoms with Gasteiger partial charge in [-0.25, -0.2) is 0 Å². The molecule has 4 nitrogen and oxygen atoms in total. The normalized spacial score (nSPS) is 12.1. The van der Waals surface area contributed by atoms with Crippen molar-refractivity contribution in [2.24, 2.45) is 0 Å². The van der Waals surface area contributed by atoms with Gasteiger partial charge in [-0.1, -0.05) is 48.9 Å². The number of carbonyl (C=O) groups excluding carboxylic acids is 1. The molecule has 0 unspecified atom stereocenters. The number of carbonyl (C=O) groups is 1. The standard InChI is InChI=1S/C16H19ClN2O2/c1-2-8-19-10-13(17)9-15(19)16(21)18-14(11-20)12-6-4-3-5-7-12/h3-7,9-10,14,20H,2,8,11H2,1H3,(H,18,21)/t14-/m1/s1. The van der Waals surface area contributed by atoms with Crippen molar-refractivity contribution in [3.8, 4) is 0 Å². The first kappa shape index (κ1) is 15.6. The van der Waals surface area contributed by atoms with Gasteiger partial charge in [0.15, 0.2) is 0 Å². The summed E-state index contributed by atoms with van der Waals surface area (Å²) in [6.45, 7) is 2.61. The highest BCUT2D eigenvalue weighted by atomic mass is 35.5. The monoisotopic (exact) mass is 306 g/mol. The molecule has 0 aliphatic rings. The Hall–Kier alpha value is -1.78. The molecule has 1 heterocycles. The number of rotatable bonds is 6. The van der Waals surface area contributed by atoms with E-state index in [2.05, 4.69) is 5.32 Å². The molecule has 0 spiro atoms. The highest BCUT2D eigenvalue weighted by Crippen LogP contribution is 2.17. The predicted molar refractivity (Wildman–Crippen MR) is 83.5 cm³/mol. The fourth-order valence-electron chi connectivity index (χ4n) is 2.24. The molecule has 0 saturated carbocycles. The minimum atomic E-state index is -0.428. The molecule has 2 rings (SSSR count). The van der Waals surface area contributed by atoms with E-state index >= 15 is 0 Å². The molecule has 0 aliphatic carbocycles. The topological polar surface area (TPSA) is 54.3 Å². The van der Waals surface area contributed by atoms with Gasteiger partial charge in [0.2, 0.25) is 0 Å². The van der Waals surface area contributed by atoms with Crippen molar-refractivity contribution in [1.29, 1.82) is 0 Å². The molecule has 1 aromatic heterocycles. The number of nitrogens with one attached hydrogen (secondary N) is 1. The van der Waals surface area contributed by atoms with Crippen molar-refractivity contribution in [3.05, 3.63) is 58.9 Å². The van der Waals surface area contributed by atoms with Crippen molar-refractivity contribution < 1.29 is 9.90 Å². The third kappa shape index (κ3) is 3.86. The van der Waals surface area contributed by atoms with Gasteiger partial charge in [0.1, 0.15) is 5.69 Å². The number of aryl methyl sites for hydroxylation is 1. The molecule has 0 bridgehead atoms. The van der Waals surface area contributed by atoms with E-state index in [0.717, 1.165) is 18.5 Å². The van der Waals surface area contributed by atoms with Crippen molar-refractivity contribution in [1.82, 2.24) is 9.88 Å². The summed E-state index contributed by atoms with van der Waals surface area (Å²) >= 11 is 5.98. The van der Waals surface area contributed by atoms with E-state index in [1.165, 1.54) is 0 Å². The minimum Gasteiger partial charge on any atom is -0.394 e. The molecule has 0 fully saturated rings. The molecule has 0 saturated heterocycles. The van der Waals surface area contributed by atoms with E-state index in [-0.39, 0.29) is 12.5 Å². The number of benzene rings is 1. The zero-order chi connectivity index (χ0) is 15.2. The van der Waals surface area contributed by atoms with Crippen LogP contribution in [-0.4, -0.2) is 22.2 Å². The third-order valence-electron chi connectivity index (χ3n) is 3.25. The van der Waals surface area contributed by atoms with Crippen LogP contribution >= 0.6 is 11.6 Å². The fourth-order valence-corrected chi connectivity index (χ4v) is 2.46. The molecule has 1 amide bonds. The maximum Gasteiger partial charge on any atom is 0.268 e. The number of aliphatic hydroxyl groups is 1. The van der Waals surface area contributed by atoms with Gasteiger partial charge in [-0.15, -0.1) is 0 Å². The van der Waals surface area contributed by atoms with Crippen LogP contribution in [0.5, 0.6) is 0 Å². The number of hydrogen-bond donors (Lipinski definition) is 2. The van der Waals surface area contributed by atoms with Gasteiger partial charge in [0, 0.05) is 12.7 Å². The van der Waals surface area contributed by atoms with Crippen molar-refractivity contribution in [2.75, 3.05) is 6.61 Å². The Morgan fingerprint density at radius 3 is 2.71 bits per heavy atom. The van der Waals surface area contributed by atoms with Gasteiger partial charge >= 0.3 is 0 Å². The van der Waals surface area contributed by atoms with Gasteiger partial charge < -0.3 is 15.0 Å². The maximum absolute atomic E-state index is 12.4.